The van der Waals surface area contributed by atoms with E-state index in [-0.39, 0.29) is 6.54 Å². The summed E-state index contributed by atoms with van der Waals surface area (Å²) in [6, 6.07) is 4.72. The molecule has 0 fully saturated rings. The number of rotatable bonds is 5. The van der Waals surface area contributed by atoms with E-state index in [1.807, 2.05) is 13.8 Å². The number of aliphatic carboxylic acids is 1. The molecule has 0 aliphatic heterocycles. The van der Waals surface area contributed by atoms with Crippen molar-refractivity contribution in [2.75, 3.05) is 18.4 Å². The van der Waals surface area contributed by atoms with Gasteiger partial charge in [-0.05, 0) is 31.0 Å². The van der Waals surface area contributed by atoms with Gasteiger partial charge in [-0.25, -0.2) is 4.79 Å². The molecule has 0 spiro atoms. The third-order valence-corrected chi connectivity index (χ3v) is 2.94. The molecule has 0 aliphatic carbocycles. The normalized spacial score (nSPS) is 10.1. The zero-order chi connectivity index (χ0) is 14.4. The van der Waals surface area contributed by atoms with Crippen molar-refractivity contribution in [1.29, 1.82) is 0 Å². The van der Waals surface area contributed by atoms with Gasteiger partial charge in [-0.3, -0.25) is 4.79 Å². The quantitative estimate of drug-likeness (QED) is 0.873. The number of carbonyl (C=O) groups is 2. The van der Waals surface area contributed by atoms with Crippen molar-refractivity contribution in [2.45, 2.75) is 20.3 Å². The molecule has 5 nitrogen and oxygen atoms in total. The van der Waals surface area contributed by atoms with Crippen LogP contribution in [0.5, 0.6) is 0 Å². The lowest BCUT2D eigenvalue weighted by atomic mass is 10.2. The van der Waals surface area contributed by atoms with Gasteiger partial charge in [0.05, 0.1) is 0 Å². The molecule has 0 saturated carbocycles. The molecule has 6 heteroatoms. The van der Waals surface area contributed by atoms with Crippen LogP contribution >= 0.6 is 11.6 Å². The van der Waals surface area contributed by atoms with E-state index in [9.17, 15) is 9.59 Å². The van der Waals surface area contributed by atoms with Gasteiger partial charge >= 0.3 is 12.0 Å². The van der Waals surface area contributed by atoms with Crippen LogP contribution in [-0.2, 0) is 4.79 Å². The first-order valence-corrected chi connectivity index (χ1v) is 6.35. The molecule has 0 unspecified atom stereocenters. The number of halogens is 1. The van der Waals surface area contributed by atoms with Crippen LogP contribution in [0.25, 0.3) is 0 Å². The molecule has 0 saturated heterocycles. The standard InChI is InChI=1S/C13H17ClN2O3/c1-3-6-16(8-12(17)18)13(19)15-10-5-4-9(2)11(14)7-10/h4-5,7H,3,6,8H2,1-2H3,(H,15,19)(H,17,18). The highest BCUT2D eigenvalue weighted by molar-refractivity contribution is 6.31. The summed E-state index contributed by atoms with van der Waals surface area (Å²) < 4.78 is 0. The molecule has 2 amide bonds. The van der Waals surface area contributed by atoms with E-state index in [2.05, 4.69) is 5.32 Å². The number of amides is 2. The van der Waals surface area contributed by atoms with Crippen LogP contribution in [0.3, 0.4) is 0 Å². The summed E-state index contributed by atoms with van der Waals surface area (Å²) in [4.78, 5) is 23.9. The number of nitrogens with zero attached hydrogens (tertiary/aromatic N) is 1. The van der Waals surface area contributed by atoms with E-state index in [1.54, 1.807) is 18.2 Å². The monoisotopic (exact) mass is 284 g/mol. The Hall–Kier alpha value is -1.75. The average molecular weight is 285 g/mol. The number of anilines is 1. The Balaban J connectivity index is 2.74. The van der Waals surface area contributed by atoms with Crippen molar-refractivity contribution in [3.63, 3.8) is 0 Å². The number of carboxylic acid groups (broad SMARTS) is 1. The maximum atomic E-state index is 11.9. The highest BCUT2D eigenvalue weighted by Crippen LogP contribution is 2.20. The van der Waals surface area contributed by atoms with Crippen molar-refractivity contribution < 1.29 is 14.7 Å². The fourth-order valence-electron chi connectivity index (χ4n) is 1.56. The van der Waals surface area contributed by atoms with Gasteiger partial charge in [-0.15, -0.1) is 0 Å². The average Bonchev–Trinajstić information content (AvgIpc) is 2.33. The maximum Gasteiger partial charge on any atom is 0.323 e. The van der Waals surface area contributed by atoms with E-state index in [0.717, 1.165) is 5.56 Å². The second kappa shape index (κ2) is 6.99. The summed E-state index contributed by atoms with van der Waals surface area (Å²) in [7, 11) is 0. The molecule has 1 rings (SSSR count). The smallest absolute Gasteiger partial charge is 0.323 e. The summed E-state index contributed by atoms with van der Waals surface area (Å²) in [6.07, 6.45) is 0.690. The van der Waals surface area contributed by atoms with E-state index in [4.69, 9.17) is 16.7 Å². The minimum atomic E-state index is -1.04. The lowest BCUT2D eigenvalue weighted by molar-refractivity contribution is -0.137. The second-order valence-electron chi connectivity index (χ2n) is 4.21. The molecular formula is C13H17ClN2O3. The molecule has 0 radical (unpaired) electrons. The Bertz CT molecular complexity index is 477. The molecule has 104 valence electrons. The van der Waals surface area contributed by atoms with Gasteiger partial charge in [0.2, 0.25) is 0 Å². The van der Waals surface area contributed by atoms with Gasteiger partial charge in [0.1, 0.15) is 6.54 Å². The fraction of sp³-hybridized carbons (Fsp3) is 0.385. The van der Waals surface area contributed by atoms with E-state index < -0.39 is 12.0 Å². The van der Waals surface area contributed by atoms with Crippen LogP contribution in [0.2, 0.25) is 5.02 Å². The van der Waals surface area contributed by atoms with Gasteiger partial charge in [-0.1, -0.05) is 24.6 Å². The summed E-state index contributed by atoms with van der Waals surface area (Å²) in [5.41, 5.74) is 1.46. The van der Waals surface area contributed by atoms with Crippen molar-refractivity contribution in [2.24, 2.45) is 0 Å². The van der Waals surface area contributed by atoms with Gasteiger partial charge in [0.15, 0.2) is 0 Å². The number of aryl methyl sites for hydroxylation is 1. The fourth-order valence-corrected chi connectivity index (χ4v) is 1.74. The third-order valence-electron chi connectivity index (χ3n) is 2.53. The summed E-state index contributed by atoms with van der Waals surface area (Å²) >= 11 is 5.96. The Morgan fingerprint density at radius 2 is 2.11 bits per heavy atom. The van der Waals surface area contributed by atoms with Crippen molar-refractivity contribution in [3.8, 4) is 0 Å². The zero-order valence-electron chi connectivity index (χ0n) is 10.9. The first-order valence-electron chi connectivity index (χ1n) is 5.98. The minimum absolute atomic E-state index is 0.320. The second-order valence-corrected chi connectivity index (χ2v) is 4.62. The van der Waals surface area contributed by atoms with Gasteiger partial charge in [-0.2, -0.15) is 0 Å². The topological polar surface area (TPSA) is 69.6 Å². The number of carboxylic acids is 1. The molecule has 0 aliphatic rings. The van der Waals surface area contributed by atoms with Crippen LogP contribution in [0.15, 0.2) is 18.2 Å². The third kappa shape index (κ3) is 4.79. The molecule has 0 heterocycles. The Kier molecular flexibility index (Phi) is 5.63. The molecule has 0 bridgehead atoms. The lowest BCUT2D eigenvalue weighted by Crippen LogP contribution is -2.39. The molecule has 1 aromatic rings. The van der Waals surface area contributed by atoms with Crippen LogP contribution in [0, 0.1) is 6.92 Å². The number of nitrogens with one attached hydrogen (secondary N) is 1. The minimum Gasteiger partial charge on any atom is -0.480 e. The van der Waals surface area contributed by atoms with Crippen LogP contribution in [-0.4, -0.2) is 35.1 Å². The van der Waals surface area contributed by atoms with E-state index in [0.29, 0.717) is 23.7 Å². The number of hydrogen-bond acceptors (Lipinski definition) is 2. The highest BCUT2D eigenvalue weighted by Gasteiger charge is 2.16. The number of benzene rings is 1. The van der Waals surface area contributed by atoms with Crippen molar-refractivity contribution in [3.05, 3.63) is 28.8 Å². The van der Waals surface area contributed by atoms with E-state index in [1.165, 1.54) is 4.90 Å². The number of carbonyl (C=O) groups excluding carboxylic acids is 1. The molecular weight excluding hydrogens is 268 g/mol. The van der Waals surface area contributed by atoms with Gasteiger partial charge in [0.25, 0.3) is 0 Å². The van der Waals surface area contributed by atoms with E-state index >= 15 is 0 Å². The first-order chi connectivity index (χ1) is 8.93. The SMILES string of the molecule is CCCN(CC(=O)O)C(=O)Nc1ccc(C)c(Cl)c1. The number of urea groups is 1. The van der Waals surface area contributed by atoms with Crippen LogP contribution in [0.1, 0.15) is 18.9 Å². The molecule has 0 aromatic heterocycles. The van der Waals surface area contributed by atoms with Gasteiger partial charge in [0, 0.05) is 17.3 Å². The largest absolute Gasteiger partial charge is 0.480 e. The maximum absolute atomic E-state index is 11.9. The summed E-state index contributed by atoms with van der Waals surface area (Å²) in [5, 5.41) is 12.0. The lowest BCUT2D eigenvalue weighted by Gasteiger charge is -2.20. The summed E-state index contributed by atoms with van der Waals surface area (Å²) in [5.74, 6) is -1.04. The predicted octanol–water partition coefficient (Wildman–Crippen LogP) is 2.98. The Morgan fingerprint density at radius 1 is 1.42 bits per heavy atom. The molecule has 2 N–H and O–H groups in total. The predicted molar refractivity (Wildman–Crippen MR) is 74.7 cm³/mol. The molecule has 0 atom stereocenters. The van der Waals surface area contributed by atoms with Gasteiger partial charge < -0.3 is 15.3 Å². The molecule has 1 aromatic carbocycles. The van der Waals surface area contributed by atoms with Crippen molar-refractivity contribution >= 4 is 29.3 Å². The molecule has 19 heavy (non-hydrogen) atoms. The Morgan fingerprint density at radius 3 is 2.63 bits per heavy atom. The van der Waals surface area contributed by atoms with Crippen LogP contribution < -0.4 is 5.32 Å². The first kappa shape index (κ1) is 15.3. The van der Waals surface area contributed by atoms with Crippen LogP contribution in [0.4, 0.5) is 10.5 Å². The number of hydrogen-bond donors (Lipinski definition) is 2. The Labute approximate surface area is 117 Å². The zero-order valence-corrected chi connectivity index (χ0v) is 11.7. The van der Waals surface area contributed by atoms with Crippen molar-refractivity contribution in [1.82, 2.24) is 4.90 Å². The highest BCUT2D eigenvalue weighted by atomic mass is 35.5. The summed E-state index contributed by atoms with van der Waals surface area (Å²) in [6.45, 7) is 3.81.